The normalized spacial score (nSPS) is 16.7. The Balaban J connectivity index is 1.93. The highest BCUT2D eigenvalue weighted by atomic mass is 16.5. The summed E-state index contributed by atoms with van der Waals surface area (Å²) in [6.45, 7) is 3.39. The number of nitrogens with one attached hydrogen (secondary N) is 1. The smallest absolute Gasteiger partial charge is 0.251 e. The lowest BCUT2D eigenvalue weighted by Crippen LogP contribution is -2.38. The van der Waals surface area contributed by atoms with Gasteiger partial charge in [-0.2, -0.15) is 0 Å². The molecule has 0 aliphatic heterocycles. The second kappa shape index (κ2) is 7.46. The van der Waals surface area contributed by atoms with Crippen molar-refractivity contribution in [3.63, 3.8) is 0 Å². The predicted molar refractivity (Wildman–Crippen MR) is 82.5 cm³/mol. The fourth-order valence-corrected chi connectivity index (χ4v) is 2.83. The summed E-state index contributed by atoms with van der Waals surface area (Å²) in [4.78, 5) is 12.2. The van der Waals surface area contributed by atoms with E-state index in [9.17, 15) is 9.90 Å². The third-order valence-corrected chi connectivity index (χ3v) is 4.19. The van der Waals surface area contributed by atoms with Crippen LogP contribution in [0, 0.1) is 5.41 Å². The van der Waals surface area contributed by atoms with E-state index in [1.807, 2.05) is 19.1 Å². The molecule has 4 nitrogen and oxygen atoms in total. The van der Waals surface area contributed by atoms with Gasteiger partial charge >= 0.3 is 0 Å². The molecule has 0 unspecified atom stereocenters. The Kier molecular flexibility index (Phi) is 5.62. The highest BCUT2D eigenvalue weighted by Gasteiger charge is 2.33. The average Bonchev–Trinajstić information content (AvgIpc) is 3.00. The largest absolute Gasteiger partial charge is 0.494 e. The molecule has 116 valence electrons. The van der Waals surface area contributed by atoms with Crippen LogP contribution in [0.3, 0.4) is 0 Å². The number of aliphatic hydroxyl groups excluding tert-OH is 1. The summed E-state index contributed by atoms with van der Waals surface area (Å²) in [6.07, 6.45) is 5.19. The van der Waals surface area contributed by atoms with E-state index in [-0.39, 0.29) is 17.9 Å². The minimum absolute atomic E-state index is 0.100. The molecule has 1 fully saturated rings. The summed E-state index contributed by atoms with van der Waals surface area (Å²) in [7, 11) is 0. The van der Waals surface area contributed by atoms with Gasteiger partial charge in [0.05, 0.1) is 13.2 Å². The third-order valence-electron chi connectivity index (χ3n) is 4.19. The Morgan fingerprint density at radius 1 is 1.38 bits per heavy atom. The van der Waals surface area contributed by atoms with Crippen LogP contribution in [0.2, 0.25) is 0 Å². The minimum Gasteiger partial charge on any atom is -0.494 e. The van der Waals surface area contributed by atoms with Crippen LogP contribution in [0.25, 0.3) is 0 Å². The highest BCUT2D eigenvalue weighted by molar-refractivity contribution is 5.94. The summed E-state index contributed by atoms with van der Waals surface area (Å²) in [5, 5.41) is 12.5. The predicted octanol–water partition coefficient (Wildman–Crippen LogP) is 2.76. The maximum Gasteiger partial charge on any atom is 0.251 e. The number of aliphatic hydroxyl groups is 1. The van der Waals surface area contributed by atoms with E-state index >= 15 is 0 Å². The van der Waals surface area contributed by atoms with E-state index in [1.165, 1.54) is 0 Å². The first-order chi connectivity index (χ1) is 10.2. The molecule has 1 aliphatic rings. The van der Waals surface area contributed by atoms with Gasteiger partial charge in [0.1, 0.15) is 5.75 Å². The van der Waals surface area contributed by atoms with Gasteiger partial charge in [0.2, 0.25) is 0 Å². The molecule has 0 bridgehead atoms. The van der Waals surface area contributed by atoms with Crippen LogP contribution < -0.4 is 10.1 Å². The molecule has 0 heterocycles. The zero-order chi connectivity index (χ0) is 15.1. The lowest BCUT2D eigenvalue weighted by atomic mass is 9.87. The molecule has 2 rings (SSSR count). The number of amides is 1. The van der Waals surface area contributed by atoms with Gasteiger partial charge in [-0.15, -0.1) is 0 Å². The maximum absolute atomic E-state index is 12.2. The zero-order valence-electron chi connectivity index (χ0n) is 12.7. The third kappa shape index (κ3) is 4.21. The van der Waals surface area contributed by atoms with Crippen molar-refractivity contribution < 1.29 is 14.6 Å². The van der Waals surface area contributed by atoms with E-state index in [0.29, 0.717) is 18.7 Å². The van der Waals surface area contributed by atoms with Crippen LogP contribution in [-0.2, 0) is 0 Å². The van der Waals surface area contributed by atoms with Crippen molar-refractivity contribution in [2.24, 2.45) is 5.41 Å². The van der Waals surface area contributed by atoms with Gasteiger partial charge in [0, 0.05) is 17.5 Å². The van der Waals surface area contributed by atoms with Crippen LogP contribution in [0.1, 0.15) is 49.4 Å². The van der Waals surface area contributed by atoms with Gasteiger partial charge in [-0.1, -0.05) is 25.8 Å². The van der Waals surface area contributed by atoms with Gasteiger partial charge in [-0.3, -0.25) is 4.79 Å². The van der Waals surface area contributed by atoms with Crippen LogP contribution in [-0.4, -0.2) is 30.8 Å². The lowest BCUT2D eigenvalue weighted by molar-refractivity contribution is 0.0880. The van der Waals surface area contributed by atoms with Gasteiger partial charge in [0.25, 0.3) is 5.91 Å². The SMILES string of the molecule is CCCOc1cccc(C(=O)NCC2(CO)CCCC2)c1. The number of benzene rings is 1. The summed E-state index contributed by atoms with van der Waals surface area (Å²) >= 11 is 0. The van der Waals surface area contributed by atoms with Crippen LogP contribution in [0.5, 0.6) is 5.75 Å². The number of carbonyl (C=O) groups excluding carboxylic acids is 1. The van der Waals surface area contributed by atoms with E-state index < -0.39 is 0 Å². The second-order valence-electron chi connectivity index (χ2n) is 5.92. The van der Waals surface area contributed by atoms with Gasteiger partial charge in [-0.05, 0) is 37.5 Å². The van der Waals surface area contributed by atoms with Crippen molar-refractivity contribution in [2.75, 3.05) is 19.8 Å². The molecule has 0 atom stereocenters. The van der Waals surface area contributed by atoms with E-state index in [2.05, 4.69) is 5.32 Å². The quantitative estimate of drug-likeness (QED) is 0.812. The average molecular weight is 291 g/mol. The molecule has 1 amide bonds. The Morgan fingerprint density at radius 2 is 2.14 bits per heavy atom. The van der Waals surface area contributed by atoms with Gasteiger partial charge in [0.15, 0.2) is 0 Å². The zero-order valence-corrected chi connectivity index (χ0v) is 12.7. The summed E-state index contributed by atoms with van der Waals surface area (Å²) in [6, 6.07) is 7.25. The lowest BCUT2D eigenvalue weighted by Gasteiger charge is -2.26. The van der Waals surface area contributed by atoms with Crippen molar-refractivity contribution in [1.82, 2.24) is 5.32 Å². The molecular formula is C17H25NO3. The molecule has 2 N–H and O–H groups in total. The van der Waals surface area contributed by atoms with Crippen molar-refractivity contribution in [3.05, 3.63) is 29.8 Å². The van der Waals surface area contributed by atoms with Crippen molar-refractivity contribution in [1.29, 1.82) is 0 Å². The Hall–Kier alpha value is -1.55. The Labute approximate surface area is 126 Å². The first kappa shape index (κ1) is 15.8. The van der Waals surface area contributed by atoms with Crippen molar-refractivity contribution in [3.8, 4) is 5.75 Å². The van der Waals surface area contributed by atoms with Gasteiger partial charge < -0.3 is 15.2 Å². The molecule has 1 aromatic carbocycles. The summed E-state index contributed by atoms with van der Waals surface area (Å²) < 4.78 is 5.54. The maximum atomic E-state index is 12.2. The number of ether oxygens (including phenoxy) is 1. The molecule has 0 saturated heterocycles. The molecule has 21 heavy (non-hydrogen) atoms. The molecule has 0 aromatic heterocycles. The van der Waals surface area contributed by atoms with Crippen LogP contribution >= 0.6 is 0 Å². The minimum atomic E-state index is -0.119. The van der Waals surface area contributed by atoms with Crippen LogP contribution in [0.4, 0.5) is 0 Å². The first-order valence-electron chi connectivity index (χ1n) is 7.81. The number of rotatable bonds is 7. The second-order valence-corrected chi connectivity index (χ2v) is 5.92. The Bertz CT molecular complexity index is 467. The summed E-state index contributed by atoms with van der Waals surface area (Å²) in [5.41, 5.74) is 0.487. The Morgan fingerprint density at radius 3 is 2.81 bits per heavy atom. The molecule has 0 radical (unpaired) electrons. The van der Waals surface area contributed by atoms with Crippen LogP contribution in [0.15, 0.2) is 24.3 Å². The van der Waals surface area contributed by atoms with E-state index in [0.717, 1.165) is 37.9 Å². The van der Waals surface area contributed by atoms with E-state index in [4.69, 9.17) is 4.74 Å². The van der Waals surface area contributed by atoms with Crippen molar-refractivity contribution in [2.45, 2.75) is 39.0 Å². The summed E-state index contributed by atoms with van der Waals surface area (Å²) in [5.74, 6) is 0.624. The van der Waals surface area contributed by atoms with Gasteiger partial charge in [-0.25, -0.2) is 0 Å². The fourth-order valence-electron chi connectivity index (χ4n) is 2.83. The first-order valence-corrected chi connectivity index (χ1v) is 7.81. The van der Waals surface area contributed by atoms with Crippen molar-refractivity contribution >= 4 is 5.91 Å². The standard InChI is InChI=1S/C17H25NO3/c1-2-10-21-15-7-5-6-14(11-15)16(20)18-12-17(13-19)8-3-4-9-17/h5-7,11,19H,2-4,8-10,12-13H2,1H3,(H,18,20). The van der Waals surface area contributed by atoms with E-state index in [1.54, 1.807) is 12.1 Å². The monoisotopic (exact) mass is 291 g/mol. The fraction of sp³-hybridized carbons (Fsp3) is 0.588. The molecule has 1 aromatic rings. The molecular weight excluding hydrogens is 266 g/mol. The molecule has 4 heteroatoms. The number of hydrogen-bond donors (Lipinski definition) is 2. The topological polar surface area (TPSA) is 58.6 Å². The molecule has 1 aliphatic carbocycles. The molecule has 0 spiro atoms. The molecule has 1 saturated carbocycles. The number of carbonyl (C=O) groups is 1. The highest BCUT2D eigenvalue weighted by Crippen LogP contribution is 2.36. The number of hydrogen-bond acceptors (Lipinski definition) is 3.